The molecule has 114 valence electrons. The van der Waals surface area contributed by atoms with Gasteiger partial charge in [0.05, 0.1) is 0 Å². The number of halogens is 2. The lowest BCUT2D eigenvalue weighted by Gasteiger charge is -2.36. The number of hydrogen-bond donors (Lipinski definition) is 1. The Kier molecular flexibility index (Phi) is 9.74. The molecule has 2 aliphatic heterocycles. The number of carbonyl (C=O) groups excluding carboxylic acids is 1. The molecule has 0 bridgehead atoms. The number of carbonyl (C=O) groups is 1. The van der Waals surface area contributed by atoms with E-state index in [1.807, 2.05) is 4.90 Å². The number of amides is 1. The van der Waals surface area contributed by atoms with Gasteiger partial charge in [0.1, 0.15) is 0 Å². The van der Waals surface area contributed by atoms with Gasteiger partial charge in [0.25, 0.3) is 0 Å². The molecular weight excluding hydrogens is 289 g/mol. The number of hydrogen-bond acceptors (Lipinski definition) is 4. The van der Waals surface area contributed by atoms with Gasteiger partial charge in [0.2, 0.25) is 5.91 Å². The monoisotopic (exact) mass is 313 g/mol. The van der Waals surface area contributed by atoms with Crippen molar-refractivity contribution in [1.29, 1.82) is 0 Å². The fourth-order valence-corrected chi connectivity index (χ4v) is 2.58. The van der Waals surface area contributed by atoms with Gasteiger partial charge in [-0.1, -0.05) is 0 Å². The molecule has 0 atom stereocenters. The van der Waals surface area contributed by atoms with Crippen molar-refractivity contribution in [3.05, 3.63) is 0 Å². The Hall–Kier alpha value is -0.0700. The van der Waals surface area contributed by atoms with Crippen LogP contribution in [0, 0.1) is 5.92 Å². The summed E-state index contributed by atoms with van der Waals surface area (Å²) >= 11 is 0. The maximum Gasteiger partial charge on any atom is 0.225 e. The van der Waals surface area contributed by atoms with E-state index in [0.717, 1.165) is 58.8 Å². The summed E-state index contributed by atoms with van der Waals surface area (Å²) in [6, 6.07) is 0. The second-order valence-corrected chi connectivity index (χ2v) is 4.84. The standard InChI is InChI=1S/C12H23N3O2.2ClH/c13-3-4-14-5-7-15(8-6-14)12(16)11-1-9-17-10-2-11;;/h11H,1-10,13H2;2*1H. The van der Waals surface area contributed by atoms with Crippen molar-refractivity contribution < 1.29 is 9.53 Å². The van der Waals surface area contributed by atoms with Crippen LogP contribution in [-0.2, 0) is 9.53 Å². The molecule has 2 aliphatic rings. The Bertz CT molecular complexity index is 255. The zero-order valence-electron chi connectivity index (χ0n) is 11.3. The van der Waals surface area contributed by atoms with Crippen LogP contribution in [0.15, 0.2) is 0 Å². The van der Waals surface area contributed by atoms with Gasteiger partial charge in [-0.25, -0.2) is 0 Å². The van der Waals surface area contributed by atoms with Crippen LogP contribution >= 0.6 is 24.8 Å². The molecule has 0 aliphatic carbocycles. The lowest BCUT2D eigenvalue weighted by Crippen LogP contribution is -2.51. The first-order valence-electron chi connectivity index (χ1n) is 6.60. The zero-order chi connectivity index (χ0) is 12.1. The minimum Gasteiger partial charge on any atom is -0.381 e. The van der Waals surface area contributed by atoms with E-state index in [2.05, 4.69) is 4.90 Å². The van der Waals surface area contributed by atoms with Crippen LogP contribution in [0.1, 0.15) is 12.8 Å². The summed E-state index contributed by atoms with van der Waals surface area (Å²) in [4.78, 5) is 16.6. The van der Waals surface area contributed by atoms with Crippen LogP contribution in [-0.4, -0.2) is 68.2 Å². The Balaban J connectivity index is 0.00000162. The van der Waals surface area contributed by atoms with Gasteiger partial charge in [-0.2, -0.15) is 0 Å². The van der Waals surface area contributed by atoms with E-state index in [1.165, 1.54) is 0 Å². The summed E-state index contributed by atoms with van der Waals surface area (Å²) in [6.07, 6.45) is 1.78. The summed E-state index contributed by atoms with van der Waals surface area (Å²) in [5.74, 6) is 0.533. The minimum absolute atomic E-state index is 0. The molecular formula is C12H25Cl2N3O2. The topological polar surface area (TPSA) is 58.8 Å². The number of ether oxygens (including phenoxy) is 1. The SMILES string of the molecule is Cl.Cl.NCCN1CCN(C(=O)C2CCOCC2)CC1. The molecule has 0 aromatic heterocycles. The first kappa shape index (κ1) is 18.9. The fraction of sp³-hybridized carbons (Fsp3) is 0.917. The van der Waals surface area contributed by atoms with E-state index >= 15 is 0 Å². The average Bonchev–Trinajstić information content (AvgIpc) is 2.40. The third-order valence-electron chi connectivity index (χ3n) is 3.70. The maximum absolute atomic E-state index is 12.2. The van der Waals surface area contributed by atoms with Crippen LogP contribution in [0.5, 0.6) is 0 Å². The number of nitrogens with zero attached hydrogens (tertiary/aromatic N) is 2. The molecule has 2 fully saturated rings. The number of nitrogens with two attached hydrogens (primary N) is 1. The molecule has 0 unspecified atom stereocenters. The van der Waals surface area contributed by atoms with Crippen molar-refractivity contribution in [3.63, 3.8) is 0 Å². The van der Waals surface area contributed by atoms with E-state index in [1.54, 1.807) is 0 Å². The van der Waals surface area contributed by atoms with Crippen molar-refractivity contribution in [2.24, 2.45) is 11.7 Å². The van der Waals surface area contributed by atoms with Crippen molar-refractivity contribution in [2.45, 2.75) is 12.8 Å². The smallest absolute Gasteiger partial charge is 0.225 e. The van der Waals surface area contributed by atoms with Gasteiger partial charge in [-0.15, -0.1) is 24.8 Å². The molecule has 19 heavy (non-hydrogen) atoms. The van der Waals surface area contributed by atoms with E-state index < -0.39 is 0 Å². The first-order chi connectivity index (χ1) is 8.31. The predicted octanol–water partition coefficient (Wildman–Crippen LogP) is 0.359. The Morgan fingerprint density at radius 3 is 2.21 bits per heavy atom. The second kappa shape index (κ2) is 9.77. The van der Waals surface area contributed by atoms with Crippen LogP contribution in [0.3, 0.4) is 0 Å². The lowest BCUT2D eigenvalue weighted by atomic mass is 9.98. The summed E-state index contributed by atoms with van der Waals surface area (Å²) in [5, 5.41) is 0. The van der Waals surface area contributed by atoms with E-state index in [-0.39, 0.29) is 30.7 Å². The molecule has 7 heteroatoms. The molecule has 5 nitrogen and oxygen atoms in total. The van der Waals surface area contributed by atoms with Crippen LogP contribution < -0.4 is 5.73 Å². The molecule has 1 amide bonds. The molecule has 2 N–H and O–H groups in total. The van der Waals surface area contributed by atoms with Crippen molar-refractivity contribution in [2.75, 3.05) is 52.5 Å². The van der Waals surface area contributed by atoms with Crippen molar-refractivity contribution in [1.82, 2.24) is 9.80 Å². The summed E-state index contributed by atoms with van der Waals surface area (Å²) in [7, 11) is 0. The van der Waals surface area contributed by atoms with Gasteiger partial charge in [-0.05, 0) is 12.8 Å². The Morgan fingerprint density at radius 2 is 1.68 bits per heavy atom. The van der Waals surface area contributed by atoms with E-state index in [0.29, 0.717) is 12.5 Å². The van der Waals surface area contributed by atoms with Gasteiger partial charge >= 0.3 is 0 Å². The van der Waals surface area contributed by atoms with E-state index in [9.17, 15) is 4.79 Å². The average molecular weight is 314 g/mol. The quantitative estimate of drug-likeness (QED) is 0.817. The first-order valence-corrected chi connectivity index (χ1v) is 6.60. The Labute approximate surface area is 127 Å². The minimum atomic E-state index is 0. The van der Waals surface area contributed by atoms with E-state index in [4.69, 9.17) is 10.5 Å². The van der Waals surface area contributed by atoms with Crippen LogP contribution in [0.2, 0.25) is 0 Å². The highest BCUT2D eigenvalue weighted by molar-refractivity contribution is 5.85. The highest BCUT2D eigenvalue weighted by Crippen LogP contribution is 2.18. The molecule has 0 radical (unpaired) electrons. The van der Waals surface area contributed by atoms with Crippen LogP contribution in [0.4, 0.5) is 0 Å². The molecule has 0 saturated carbocycles. The number of rotatable bonds is 3. The molecule has 2 saturated heterocycles. The largest absolute Gasteiger partial charge is 0.381 e. The van der Waals surface area contributed by atoms with Gasteiger partial charge in [-0.3, -0.25) is 9.69 Å². The maximum atomic E-state index is 12.2. The highest BCUT2D eigenvalue weighted by atomic mass is 35.5. The lowest BCUT2D eigenvalue weighted by molar-refractivity contribution is -0.140. The van der Waals surface area contributed by atoms with Gasteiger partial charge < -0.3 is 15.4 Å². The second-order valence-electron chi connectivity index (χ2n) is 4.84. The predicted molar refractivity (Wildman–Crippen MR) is 80.1 cm³/mol. The molecule has 2 heterocycles. The molecule has 0 aromatic carbocycles. The van der Waals surface area contributed by atoms with Gasteiger partial charge in [0.15, 0.2) is 0 Å². The summed E-state index contributed by atoms with van der Waals surface area (Å²) < 4.78 is 5.29. The molecule has 0 spiro atoms. The van der Waals surface area contributed by atoms with Crippen LogP contribution in [0.25, 0.3) is 0 Å². The summed E-state index contributed by atoms with van der Waals surface area (Å²) in [6.45, 7) is 6.77. The summed E-state index contributed by atoms with van der Waals surface area (Å²) in [5.41, 5.74) is 5.53. The number of piperazine rings is 1. The third kappa shape index (κ3) is 5.44. The molecule has 0 aromatic rings. The van der Waals surface area contributed by atoms with Crippen molar-refractivity contribution >= 4 is 30.7 Å². The third-order valence-corrected chi connectivity index (χ3v) is 3.70. The Morgan fingerprint density at radius 1 is 1.11 bits per heavy atom. The normalized spacial score (nSPS) is 21.4. The highest BCUT2D eigenvalue weighted by Gasteiger charge is 2.28. The fourth-order valence-electron chi connectivity index (χ4n) is 2.58. The zero-order valence-corrected chi connectivity index (χ0v) is 12.9. The van der Waals surface area contributed by atoms with Gasteiger partial charge in [0, 0.05) is 58.4 Å². The molecule has 2 rings (SSSR count). The van der Waals surface area contributed by atoms with Crippen molar-refractivity contribution in [3.8, 4) is 0 Å².